The van der Waals surface area contributed by atoms with Gasteiger partial charge in [-0.1, -0.05) is 35.0 Å². The lowest BCUT2D eigenvalue weighted by Crippen LogP contribution is -2.56. The Morgan fingerprint density at radius 2 is 2.13 bits per heavy atom. The van der Waals surface area contributed by atoms with Gasteiger partial charge in [0.2, 0.25) is 5.76 Å². The lowest BCUT2D eigenvalue weighted by molar-refractivity contribution is -0.0855. The van der Waals surface area contributed by atoms with Gasteiger partial charge in [0.05, 0.1) is 24.4 Å². The van der Waals surface area contributed by atoms with Crippen molar-refractivity contribution in [1.82, 2.24) is 10.1 Å². The number of hydrogen-bond donors (Lipinski definition) is 0. The predicted molar refractivity (Wildman–Crippen MR) is 86.5 cm³/mol. The third-order valence-electron chi connectivity index (χ3n) is 4.05. The zero-order chi connectivity index (χ0) is 16.6. The number of benzene rings is 1. The number of aryl methyl sites for hydroxylation is 1. The summed E-state index contributed by atoms with van der Waals surface area (Å²) < 4.78 is 11.1. The molecule has 1 atom stereocenters. The molecule has 1 amide bonds. The van der Waals surface area contributed by atoms with Crippen molar-refractivity contribution < 1.29 is 14.1 Å². The van der Waals surface area contributed by atoms with Crippen LogP contribution in [0, 0.1) is 6.92 Å². The number of morpholine rings is 1. The van der Waals surface area contributed by atoms with Crippen molar-refractivity contribution in [3.05, 3.63) is 52.4 Å². The Bertz CT molecular complexity index is 726. The van der Waals surface area contributed by atoms with Gasteiger partial charge in [-0.3, -0.25) is 4.79 Å². The van der Waals surface area contributed by atoms with Gasteiger partial charge in [-0.2, -0.15) is 0 Å². The first-order valence-electron chi connectivity index (χ1n) is 7.50. The molecule has 0 N–H and O–H groups in total. The molecule has 1 aliphatic heterocycles. The third-order valence-corrected chi connectivity index (χ3v) is 4.40. The molecule has 0 aliphatic carbocycles. The molecule has 0 radical (unpaired) electrons. The van der Waals surface area contributed by atoms with E-state index in [9.17, 15) is 4.79 Å². The van der Waals surface area contributed by atoms with Gasteiger partial charge in [0.15, 0.2) is 0 Å². The standard InChI is InChI=1S/C17H19ClN2O3/c1-11-8-14(23-19-11)16(21)20-9-15(22-10-17(20,2)3)12-6-4-5-7-13(12)18/h4-8,15H,9-10H2,1-3H3. The third kappa shape index (κ3) is 3.12. The van der Waals surface area contributed by atoms with Gasteiger partial charge in [0.25, 0.3) is 5.91 Å². The molecule has 1 aromatic heterocycles. The number of halogens is 1. The van der Waals surface area contributed by atoms with Crippen molar-refractivity contribution >= 4 is 17.5 Å². The van der Waals surface area contributed by atoms with Crippen molar-refractivity contribution in [3.8, 4) is 0 Å². The topological polar surface area (TPSA) is 55.6 Å². The maximum Gasteiger partial charge on any atom is 0.293 e. The molecule has 1 aromatic carbocycles. The molecule has 122 valence electrons. The lowest BCUT2D eigenvalue weighted by Gasteiger charge is -2.45. The van der Waals surface area contributed by atoms with Crippen molar-refractivity contribution in [1.29, 1.82) is 0 Å². The quantitative estimate of drug-likeness (QED) is 0.841. The number of carbonyl (C=O) groups excluding carboxylic acids is 1. The molecule has 0 bridgehead atoms. The first-order valence-corrected chi connectivity index (χ1v) is 7.87. The Balaban J connectivity index is 1.88. The Hall–Kier alpha value is -1.85. The van der Waals surface area contributed by atoms with E-state index in [0.29, 0.717) is 23.9 Å². The summed E-state index contributed by atoms with van der Waals surface area (Å²) in [6.07, 6.45) is -0.260. The lowest BCUT2D eigenvalue weighted by atomic mass is 9.97. The van der Waals surface area contributed by atoms with E-state index >= 15 is 0 Å². The minimum Gasteiger partial charge on any atom is -0.369 e. The summed E-state index contributed by atoms with van der Waals surface area (Å²) in [5.74, 6) is 0.0614. The van der Waals surface area contributed by atoms with Crippen LogP contribution < -0.4 is 0 Å². The summed E-state index contributed by atoms with van der Waals surface area (Å²) in [6.45, 7) is 6.56. The summed E-state index contributed by atoms with van der Waals surface area (Å²) in [6, 6.07) is 9.19. The molecule has 1 saturated heterocycles. The van der Waals surface area contributed by atoms with E-state index in [1.165, 1.54) is 0 Å². The van der Waals surface area contributed by atoms with E-state index in [1.54, 1.807) is 17.9 Å². The second-order valence-electron chi connectivity index (χ2n) is 6.38. The highest BCUT2D eigenvalue weighted by Gasteiger charge is 2.40. The van der Waals surface area contributed by atoms with Crippen molar-refractivity contribution in [2.45, 2.75) is 32.4 Å². The fourth-order valence-corrected chi connectivity index (χ4v) is 2.99. The van der Waals surface area contributed by atoms with E-state index in [-0.39, 0.29) is 17.8 Å². The van der Waals surface area contributed by atoms with Crippen LogP contribution in [0.25, 0.3) is 0 Å². The van der Waals surface area contributed by atoms with Crippen LogP contribution in [0.4, 0.5) is 0 Å². The maximum absolute atomic E-state index is 12.8. The highest BCUT2D eigenvalue weighted by molar-refractivity contribution is 6.31. The summed E-state index contributed by atoms with van der Waals surface area (Å²) in [5, 5.41) is 4.44. The summed E-state index contributed by atoms with van der Waals surface area (Å²) in [5.41, 5.74) is 1.13. The number of aromatic nitrogens is 1. The van der Waals surface area contributed by atoms with Crippen LogP contribution in [-0.2, 0) is 4.74 Å². The largest absolute Gasteiger partial charge is 0.369 e. The molecule has 5 nitrogen and oxygen atoms in total. The number of amides is 1. The van der Waals surface area contributed by atoms with E-state index in [2.05, 4.69) is 5.16 Å². The zero-order valence-corrected chi connectivity index (χ0v) is 14.1. The Morgan fingerprint density at radius 3 is 2.78 bits per heavy atom. The van der Waals surface area contributed by atoms with E-state index in [0.717, 1.165) is 5.56 Å². The second-order valence-corrected chi connectivity index (χ2v) is 6.79. The number of carbonyl (C=O) groups is 1. The van der Waals surface area contributed by atoms with Crippen molar-refractivity contribution in [3.63, 3.8) is 0 Å². The first kappa shape index (κ1) is 16.0. The molecule has 1 unspecified atom stereocenters. The van der Waals surface area contributed by atoms with Gasteiger partial charge < -0.3 is 14.2 Å². The van der Waals surface area contributed by atoms with Gasteiger partial charge in [0, 0.05) is 16.7 Å². The van der Waals surface area contributed by atoms with Crippen LogP contribution >= 0.6 is 11.6 Å². The number of ether oxygens (including phenoxy) is 1. The second kappa shape index (κ2) is 5.98. The fraction of sp³-hybridized carbons (Fsp3) is 0.412. The summed E-state index contributed by atoms with van der Waals surface area (Å²) in [4.78, 5) is 14.6. The smallest absolute Gasteiger partial charge is 0.293 e. The molecule has 6 heteroatoms. The van der Waals surface area contributed by atoms with Gasteiger partial charge in [-0.15, -0.1) is 0 Å². The Morgan fingerprint density at radius 1 is 1.39 bits per heavy atom. The molecular weight excluding hydrogens is 316 g/mol. The number of rotatable bonds is 2. The van der Waals surface area contributed by atoms with Gasteiger partial charge in [-0.05, 0) is 26.8 Å². The minimum absolute atomic E-state index is 0.184. The molecule has 2 heterocycles. The molecule has 0 spiro atoms. The van der Waals surface area contributed by atoms with E-state index in [4.69, 9.17) is 20.9 Å². The molecule has 23 heavy (non-hydrogen) atoms. The molecule has 1 fully saturated rings. The highest BCUT2D eigenvalue weighted by atomic mass is 35.5. The van der Waals surface area contributed by atoms with Crippen LogP contribution in [0.2, 0.25) is 5.02 Å². The van der Waals surface area contributed by atoms with Gasteiger partial charge in [0.1, 0.15) is 6.10 Å². The molecule has 0 saturated carbocycles. The number of hydrogen-bond acceptors (Lipinski definition) is 4. The normalized spacial score (nSPS) is 20.5. The van der Waals surface area contributed by atoms with Gasteiger partial charge >= 0.3 is 0 Å². The summed E-state index contributed by atoms with van der Waals surface area (Å²) in [7, 11) is 0. The number of nitrogens with zero attached hydrogens (tertiary/aromatic N) is 2. The van der Waals surface area contributed by atoms with Crippen molar-refractivity contribution in [2.24, 2.45) is 0 Å². The Labute approximate surface area is 140 Å². The Kier molecular flexibility index (Phi) is 4.17. The highest BCUT2D eigenvalue weighted by Crippen LogP contribution is 2.34. The van der Waals surface area contributed by atoms with E-state index < -0.39 is 5.54 Å². The first-order chi connectivity index (χ1) is 10.9. The van der Waals surface area contributed by atoms with Crippen LogP contribution in [0.3, 0.4) is 0 Å². The summed E-state index contributed by atoms with van der Waals surface area (Å²) >= 11 is 6.26. The minimum atomic E-state index is -0.435. The van der Waals surface area contributed by atoms with Crippen LogP contribution in [0.15, 0.2) is 34.9 Å². The average Bonchev–Trinajstić information content (AvgIpc) is 2.94. The SMILES string of the molecule is Cc1cc(C(=O)N2CC(c3ccccc3Cl)OCC2(C)C)on1. The van der Waals surface area contributed by atoms with Crippen molar-refractivity contribution in [2.75, 3.05) is 13.2 Å². The average molecular weight is 335 g/mol. The molecule has 2 aromatic rings. The van der Waals surface area contributed by atoms with Crippen LogP contribution in [-0.4, -0.2) is 34.7 Å². The van der Waals surface area contributed by atoms with Gasteiger partial charge in [-0.25, -0.2) is 0 Å². The van der Waals surface area contributed by atoms with Crippen LogP contribution in [0.1, 0.15) is 41.8 Å². The monoisotopic (exact) mass is 334 g/mol. The molecule has 3 rings (SSSR count). The van der Waals surface area contributed by atoms with E-state index in [1.807, 2.05) is 38.1 Å². The van der Waals surface area contributed by atoms with Crippen LogP contribution in [0.5, 0.6) is 0 Å². The fourth-order valence-electron chi connectivity index (χ4n) is 2.73. The maximum atomic E-state index is 12.8. The molecule has 1 aliphatic rings. The zero-order valence-electron chi connectivity index (χ0n) is 13.4. The predicted octanol–water partition coefficient (Wildman–Crippen LogP) is 3.63. The molecular formula is C17H19ClN2O3.